The first kappa shape index (κ1) is 10.4. The maximum atomic E-state index is 5.46. The first-order valence-electron chi connectivity index (χ1n) is 4.34. The molecule has 2 N–H and O–H groups in total. The molecule has 0 radical (unpaired) electrons. The first-order chi connectivity index (χ1) is 5.35. The number of hydrogen-bond donors (Lipinski definition) is 1. The summed E-state index contributed by atoms with van der Waals surface area (Å²) < 4.78 is 0. The van der Waals surface area contributed by atoms with E-state index in [1.807, 2.05) is 13.0 Å². The molecule has 0 heterocycles. The molecule has 0 aromatic heterocycles. The Kier molecular flexibility index (Phi) is 7.16. The molecule has 0 aliphatic heterocycles. The molecule has 1 nitrogen and oxygen atoms in total. The third-order valence-corrected chi connectivity index (χ3v) is 1.75. The highest BCUT2D eigenvalue weighted by Crippen LogP contribution is 2.08. The fourth-order valence-electron chi connectivity index (χ4n) is 0.983. The molecule has 0 aliphatic carbocycles. The van der Waals surface area contributed by atoms with Crippen molar-refractivity contribution in [1.29, 1.82) is 0 Å². The molecule has 0 rings (SSSR count). The molecule has 11 heavy (non-hydrogen) atoms. The van der Waals surface area contributed by atoms with Gasteiger partial charge in [0.05, 0.1) is 0 Å². The van der Waals surface area contributed by atoms with E-state index in [9.17, 15) is 0 Å². The van der Waals surface area contributed by atoms with Crippen molar-refractivity contribution in [2.75, 3.05) is 6.54 Å². The van der Waals surface area contributed by atoms with Crippen LogP contribution in [-0.4, -0.2) is 6.54 Å². The van der Waals surface area contributed by atoms with Gasteiger partial charge in [-0.25, -0.2) is 0 Å². The van der Waals surface area contributed by atoms with Gasteiger partial charge in [-0.15, -0.1) is 0 Å². The molecule has 1 heteroatoms. The van der Waals surface area contributed by atoms with Gasteiger partial charge < -0.3 is 5.73 Å². The molecule has 0 aromatic carbocycles. The SMILES string of the molecule is C/C=C\C=C/C(CC)CCN. The van der Waals surface area contributed by atoms with E-state index < -0.39 is 0 Å². The number of hydrogen-bond acceptors (Lipinski definition) is 1. The van der Waals surface area contributed by atoms with Crippen molar-refractivity contribution in [1.82, 2.24) is 0 Å². The van der Waals surface area contributed by atoms with Gasteiger partial charge in [0.25, 0.3) is 0 Å². The van der Waals surface area contributed by atoms with Crippen LogP contribution in [-0.2, 0) is 0 Å². The predicted octanol–water partition coefficient (Wildman–Crippen LogP) is 2.49. The highest BCUT2D eigenvalue weighted by atomic mass is 14.5. The lowest BCUT2D eigenvalue weighted by Crippen LogP contribution is -2.05. The standard InChI is InChI=1S/C10H19N/c1-3-5-6-7-10(4-2)8-9-11/h3,5-7,10H,4,8-9,11H2,1-2H3/b5-3-,7-6-. The molecule has 0 amide bonds. The Bertz CT molecular complexity index is 125. The lowest BCUT2D eigenvalue weighted by molar-refractivity contribution is 0.581. The third-order valence-electron chi connectivity index (χ3n) is 1.75. The zero-order valence-corrected chi connectivity index (χ0v) is 7.59. The minimum Gasteiger partial charge on any atom is -0.330 e. The highest BCUT2D eigenvalue weighted by Gasteiger charge is 1.97. The molecule has 0 aromatic rings. The zero-order chi connectivity index (χ0) is 8.53. The second kappa shape index (κ2) is 7.55. The topological polar surface area (TPSA) is 26.0 Å². The second-order valence-corrected chi connectivity index (χ2v) is 2.66. The van der Waals surface area contributed by atoms with Gasteiger partial charge in [0.2, 0.25) is 0 Å². The average molecular weight is 153 g/mol. The van der Waals surface area contributed by atoms with Crippen LogP contribution in [0, 0.1) is 5.92 Å². The van der Waals surface area contributed by atoms with Crippen LogP contribution in [0.2, 0.25) is 0 Å². The molecule has 64 valence electrons. The Morgan fingerprint density at radius 3 is 2.55 bits per heavy atom. The van der Waals surface area contributed by atoms with Crippen LogP contribution >= 0.6 is 0 Å². The fraction of sp³-hybridized carbons (Fsp3) is 0.600. The molecular weight excluding hydrogens is 134 g/mol. The number of nitrogens with two attached hydrogens (primary N) is 1. The summed E-state index contributed by atoms with van der Waals surface area (Å²) >= 11 is 0. The summed E-state index contributed by atoms with van der Waals surface area (Å²) in [6, 6.07) is 0. The van der Waals surface area contributed by atoms with Crippen LogP contribution in [0.25, 0.3) is 0 Å². The van der Waals surface area contributed by atoms with Crippen LogP contribution in [0.5, 0.6) is 0 Å². The van der Waals surface area contributed by atoms with Gasteiger partial charge in [0, 0.05) is 0 Å². The van der Waals surface area contributed by atoms with Crippen molar-refractivity contribution in [3.8, 4) is 0 Å². The highest BCUT2D eigenvalue weighted by molar-refractivity contribution is 5.03. The van der Waals surface area contributed by atoms with E-state index in [1.54, 1.807) is 0 Å². The summed E-state index contributed by atoms with van der Waals surface area (Å²) in [6.45, 7) is 5.01. The van der Waals surface area contributed by atoms with Gasteiger partial charge >= 0.3 is 0 Å². The minimum atomic E-state index is 0.663. The molecule has 0 bridgehead atoms. The Morgan fingerprint density at radius 1 is 1.36 bits per heavy atom. The monoisotopic (exact) mass is 153 g/mol. The summed E-state index contributed by atoms with van der Waals surface area (Å²) in [5.41, 5.74) is 5.46. The van der Waals surface area contributed by atoms with Crippen molar-refractivity contribution >= 4 is 0 Å². The molecule has 0 aliphatic rings. The Balaban J connectivity index is 3.66. The third kappa shape index (κ3) is 5.86. The molecule has 0 fully saturated rings. The van der Waals surface area contributed by atoms with E-state index in [2.05, 4.69) is 25.2 Å². The summed E-state index contributed by atoms with van der Waals surface area (Å²) in [7, 11) is 0. The summed E-state index contributed by atoms with van der Waals surface area (Å²) in [6.07, 6.45) is 10.7. The molecular formula is C10H19N. The maximum Gasteiger partial charge on any atom is -0.00717 e. The lowest BCUT2D eigenvalue weighted by atomic mass is 10.0. The van der Waals surface area contributed by atoms with E-state index in [0.717, 1.165) is 13.0 Å². The molecule has 1 unspecified atom stereocenters. The Morgan fingerprint density at radius 2 is 2.09 bits per heavy atom. The first-order valence-corrected chi connectivity index (χ1v) is 4.34. The Hall–Kier alpha value is -0.560. The van der Waals surface area contributed by atoms with Crippen LogP contribution < -0.4 is 5.73 Å². The van der Waals surface area contributed by atoms with E-state index in [4.69, 9.17) is 5.73 Å². The van der Waals surface area contributed by atoms with Crippen LogP contribution in [0.1, 0.15) is 26.7 Å². The van der Waals surface area contributed by atoms with Crippen molar-refractivity contribution < 1.29 is 0 Å². The zero-order valence-electron chi connectivity index (χ0n) is 7.59. The van der Waals surface area contributed by atoms with Gasteiger partial charge in [-0.1, -0.05) is 31.2 Å². The van der Waals surface area contributed by atoms with Crippen LogP contribution in [0.15, 0.2) is 24.3 Å². The maximum absolute atomic E-state index is 5.46. The van der Waals surface area contributed by atoms with E-state index >= 15 is 0 Å². The number of allylic oxidation sites excluding steroid dienone is 4. The number of rotatable bonds is 5. The van der Waals surface area contributed by atoms with Gasteiger partial charge in [-0.3, -0.25) is 0 Å². The molecule has 0 saturated heterocycles. The summed E-state index contributed by atoms with van der Waals surface area (Å²) in [4.78, 5) is 0. The second-order valence-electron chi connectivity index (χ2n) is 2.66. The summed E-state index contributed by atoms with van der Waals surface area (Å²) in [5.74, 6) is 0.663. The van der Waals surface area contributed by atoms with Gasteiger partial charge in [0.15, 0.2) is 0 Å². The lowest BCUT2D eigenvalue weighted by Gasteiger charge is -2.05. The molecule has 0 saturated carbocycles. The quantitative estimate of drug-likeness (QED) is 0.603. The average Bonchev–Trinajstić information content (AvgIpc) is 2.03. The predicted molar refractivity (Wildman–Crippen MR) is 51.4 cm³/mol. The van der Waals surface area contributed by atoms with Crippen molar-refractivity contribution in [3.63, 3.8) is 0 Å². The largest absolute Gasteiger partial charge is 0.330 e. The van der Waals surface area contributed by atoms with Gasteiger partial charge in [0.1, 0.15) is 0 Å². The van der Waals surface area contributed by atoms with Gasteiger partial charge in [-0.05, 0) is 32.2 Å². The van der Waals surface area contributed by atoms with Crippen molar-refractivity contribution in [3.05, 3.63) is 24.3 Å². The normalized spacial score (nSPS) is 14.8. The van der Waals surface area contributed by atoms with Crippen molar-refractivity contribution in [2.24, 2.45) is 11.7 Å². The molecule has 0 spiro atoms. The fourth-order valence-corrected chi connectivity index (χ4v) is 0.983. The van der Waals surface area contributed by atoms with E-state index in [0.29, 0.717) is 5.92 Å². The van der Waals surface area contributed by atoms with Crippen LogP contribution in [0.4, 0.5) is 0 Å². The van der Waals surface area contributed by atoms with Crippen molar-refractivity contribution in [2.45, 2.75) is 26.7 Å². The van der Waals surface area contributed by atoms with E-state index in [1.165, 1.54) is 6.42 Å². The summed E-state index contributed by atoms with van der Waals surface area (Å²) in [5, 5.41) is 0. The van der Waals surface area contributed by atoms with Crippen LogP contribution in [0.3, 0.4) is 0 Å². The Labute approximate surface area is 70.0 Å². The minimum absolute atomic E-state index is 0.663. The molecule has 1 atom stereocenters. The van der Waals surface area contributed by atoms with Gasteiger partial charge in [-0.2, -0.15) is 0 Å². The van der Waals surface area contributed by atoms with E-state index in [-0.39, 0.29) is 0 Å². The smallest absolute Gasteiger partial charge is 0.00717 e.